The average Bonchev–Trinajstić information content (AvgIpc) is 2.44. The zero-order chi connectivity index (χ0) is 14.0. The van der Waals surface area contributed by atoms with Crippen LogP contribution in [0.25, 0.3) is 0 Å². The molecule has 3 nitrogen and oxygen atoms in total. The Bertz CT molecular complexity index is 471. The summed E-state index contributed by atoms with van der Waals surface area (Å²) in [7, 11) is 0. The van der Waals surface area contributed by atoms with Crippen LogP contribution in [0.4, 0.5) is 5.69 Å². The van der Waals surface area contributed by atoms with Crippen LogP contribution >= 0.6 is 23.4 Å². The van der Waals surface area contributed by atoms with Gasteiger partial charge in [0.1, 0.15) is 11.9 Å². The van der Waals surface area contributed by atoms with Crippen molar-refractivity contribution in [2.24, 2.45) is 0 Å². The minimum Gasteiger partial charge on any atom is -0.488 e. The number of hydrogen-bond acceptors (Lipinski definition) is 4. The van der Waals surface area contributed by atoms with Gasteiger partial charge >= 0.3 is 0 Å². The number of hydrogen-bond donors (Lipinski definition) is 1. The van der Waals surface area contributed by atoms with E-state index in [-0.39, 0.29) is 11.7 Å². The fourth-order valence-electron chi connectivity index (χ4n) is 2.97. The first-order valence-corrected chi connectivity index (χ1v) is 8.64. The number of nitrogens with two attached hydrogens (primary N) is 1. The van der Waals surface area contributed by atoms with Crippen LogP contribution in [0.5, 0.6) is 5.75 Å². The topological polar surface area (TPSA) is 44.5 Å². The summed E-state index contributed by atoms with van der Waals surface area (Å²) in [4.78, 5) is 0. The van der Waals surface area contributed by atoms with E-state index in [9.17, 15) is 0 Å². The molecule has 2 saturated heterocycles. The fraction of sp³-hybridized carbons (Fsp3) is 0.600. The van der Waals surface area contributed by atoms with Gasteiger partial charge in [-0.2, -0.15) is 11.8 Å². The van der Waals surface area contributed by atoms with E-state index in [2.05, 4.69) is 0 Å². The SMILES string of the molecule is Nc1ccc(Cl)cc1OC1CCOC2(CCSCC2)C1. The lowest BCUT2D eigenvalue weighted by Crippen LogP contribution is -2.46. The maximum absolute atomic E-state index is 6.10. The highest BCUT2D eigenvalue weighted by atomic mass is 35.5. The van der Waals surface area contributed by atoms with Crippen molar-refractivity contribution in [1.82, 2.24) is 0 Å². The molecule has 0 radical (unpaired) electrons. The van der Waals surface area contributed by atoms with Gasteiger partial charge in [-0.15, -0.1) is 0 Å². The van der Waals surface area contributed by atoms with E-state index >= 15 is 0 Å². The number of thioether (sulfide) groups is 1. The van der Waals surface area contributed by atoms with Crippen LogP contribution in [-0.4, -0.2) is 29.8 Å². The smallest absolute Gasteiger partial charge is 0.144 e. The van der Waals surface area contributed by atoms with E-state index in [0.29, 0.717) is 16.5 Å². The van der Waals surface area contributed by atoms with Gasteiger partial charge in [-0.25, -0.2) is 0 Å². The molecule has 0 bridgehead atoms. The Morgan fingerprint density at radius 1 is 1.35 bits per heavy atom. The summed E-state index contributed by atoms with van der Waals surface area (Å²) < 4.78 is 12.2. The van der Waals surface area contributed by atoms with E-state index in [1.54, 1.807) is 18.2 Å². The minimum atomic E-state index is 0.0293. The van der Waals surface area contributed by atoms with E-state index < -0.39 is 0 Å². The van der Waals surface area contributed by atoms with E-state index in [1.807, 2.05) is 11.8 Å². The summed E-state index contributed by atoms with van der Waals surface area (Å²) in [5.41, 5.74) is 6.63. The van der Waals surface area contributed by atoms with Gasteiger partial charge in [0.15, 0.2) is 0 Å². The quantitative estimate of drug-likeness (QED) is 0.845. The Morgan fingerprint density at radius 2 is 2.15 bits per heavy atom. The second kappa shape index (κ2) is 6.04. The average molecular weight is 314 g/mol. The van der Waals surface area contributed by atoms with Crippen molar-refractivity contribution in [2.45, 2.75) is 37.4 Å². The molecule has 3 rings (SSSR count). The molecule has 5 heteroatoms. The maximum Gasteiger partial charge on any atom is 0.144 e. The molecule has 0 saturated carbocycles. The first-order chi connectivity index (χ1) is 9.67. The number of ether oxygens (including phenoxy) is 2. The zero-order valence-electron chi connectivity index (χ0n) is 11.4. The largest absolute Gasteiger partial charge is 0.488 e. The summed E-state index contributed by atoms with van der Waals surface area (Å²) >= 11 is 8.03. The lowest BCUT2D eigenvalue weighted by molar-refractivity contribution is -0.116. The Kier molecular flexibility index (Phi) is 4.34. The number of anilines is 1. The predicted molar refractivity (Wildman–Crippen MR) is 84.8 cm³/mol. The molecule has 2 aliphatic heterocycles. The van der Waals surface area contributed by atoms with Crippen LogP contribution in [0.3, 0.4) is 0 Å². The first kappa shape index (κ1) is 14.4. The van der Waals surface area contributed by atoms with Crippen molar-refractivity contribution in [3.63, 3.8) is 0 Å². The van der Waals surface area contributed by atoms with Crippen LogP contribution in [0.1, 0.15) is 25.7 Å². The van der Waals surface area contributed by atoms with E-state index in [0.717, 1.165) is 32.3 Å². The normalized spacial score (nSPS) is 25.6. The highest BCUT2D eigenvalue weighted by Gasteiger charge is 2.39. The number of rotatable bonds is 2. The molecule has 1 aromatic rings. The molecule has 0 amide bonds. The summed E-state index contributed by atoms with van der Waals surface area (Å²) in [6, 6.07) is 5.38. The molecule has 1 unspecified atom stereocenters. The number of halogens is 1. The third-order valence-electron chi connectivity index (χ3n) is 4.12. The Labute approximate surface area is 129 Å². The van der Waals surface area contributed by atoms with Crippen LogP contribution in [0, 0.1) is 0 Å². The van der Waals surface area contributed by atoms with Crippen LogP contribution < -0.4 is 10.5 Å². The Morgan fingerprint density at radius 3 is 2.95 bits per heavy atom. The molecule has 2 fully saturated rings. The molecule has 0 aromatic heterocycles. The van der Waals surface area contributed by atoms with Gasteiger partial charge in [0.05, 0.1) is 17.9 Å². The molecule has 2 N–H and O–H groups in total. The van der Waals surface area contributed by atoms with Gasteiger partial charge in [0, 0.05) is 23.9 Å². The summed E-state index contributed by atoms with van der Waals surface area (Å²) in [5, 5.41) is 0.657. The van der Waals surface area contributed by atoms with Crippen molar-refractivity contribution in [1.29, 1.82) is 0 Å². The lowest BCUT2D eigenvalue weighted by atomic mass is 9.86. The Hall–Kier alpha value is -0.580. The van der Waals surface area contributed by atoms with Gasteiger partial charge in [-0.05, 0) is 36.5 Å². The van der Waals surface area contributed by atoms with E-state index in [4.69, 9.17) is 26.8 Å². The van der Waals surface area contributed by atoms with Crippen LogP contribution in [-0.2, 0) is 4.74 Å². The maximum atomic E-state index is 6.10. The molecule has 110 valence electrons. The lowest BCUT2D eigenvalue weighted by Gasteiger charge is -2.43. The van der Waals surface area contributed by atoms with Crippen molar-refractivity contribution >= 4 is 29.1 Å². The molecule has 1 spiro atoms. The molecule has 0 aliphatic carbocycles. The monoisotopic (exact) mass is 313 g/mol. The number of benzene rings is 1. The van der Waals surface area contributed by atoms with Crippen LogP contribution in [0.15, 0.2) is 18.2 Å². The third kappa shape index (κ3) is 3.18. The van der Waals surface area contributed by atoms with E-state index in [1.165, 1.54) is 11.5 Å². The molecule has 2 aliphatic rings. The molecule has 2 heterocycles. The molecule has 20 heavy (non-hydrogen) atoms. The van der Waals surface area contributed by atoms with Gasteiger partial charge in [-0.1, -0.05) is 11.6 Å². The standard InChI is InChI=1S/C15H20ClNO2S/c16-11-1-2-13(17)14(9-11)19-12-3-6-18-15(10-12)4-7-20-8-5-15/h1-2,9,12H,3-8,10,17H2. The second-order valence-electron chi connectivity index (χ2n) is 5.56. The van der Waals surface area contributed by atoms with Gasteiger partial charge in [0.25, 0.3) is 0 Å². The highest BCUT2D eigenvalue weighted by molar-refractivity contribution is 7.99. The molecular weight excluding hydrogens is 294 g/mol. The zero-order valence-corrected chi connectivity index (χ0v) is 13.0. The number of nitrogen functional groups attached to an aromatic ring is 1. The molecular formula is C15H20ClNO2S. The van der Waals surface area contributed by atoms with Crippen molar-refractivity contribution in [3.8, 4) is 5.75 Å². The Balaban J connectivity index is 1.69. The summed E-state index contributed by atoms with van der Waals surface area (Å²) in [6.07, 6.45) is 4.30. The fourth-order valence-corrected chi connectivity index (χ4v) is 4.36. The van der Waals surface area contributed by atoms with Gasteiger partial charge < -0.3 is 15.2 Å². The molecule has 1 atom stereocenters. The van der Waals surface area contributed by atoms with Gasteiger partial charge in [-0.3, -0.25) is 0 Å². The second-order valence-corrected chi connectivity index (χ2v) is 7.22. The third-order valence-corrected chi connectivity index (χ3v) is 5.34. The van der Waals surface area contributed by atoms with Crippen molar-refractivity contribution in [3.05, 3.63) is 23.2 Å². The summed E-state index contributed by atoms with van der Waals surface area (Å²) in [5.74, 6) is 3.07. The van der Waals surface area contributed by atoms with Gasteiger partial charge in [0.2, 0.25) is 0 Å². The summed E-state index contributed by atoms with van der Waals surface area (Å²) in [6.45, 7) is 0.774. The van der Waals surface area contributed by atoms with Crippen LogP contribution in [0.2, 0.25) is 5.02 Å². The first-order valence-electron chi connectivity index (χ1n) is 7.10. The van der Waals surface area contributed by atoms with Crippen molar-refractivity contribution < 1.29 is 9.47 Å². The minimum absolute atomic E-state index is 0.0293. The molecule has 1 aromatic carbocycles. The predicted octanol–water partition coefficient (Wildman–Crippen LogP) is 3.75. The van der Waals surface area contributed by atoms with Crippen molar-refractivity contribution in [2.75, 3.05) is 23.8 Å². The highest BCUT2D eigenvalue weighted by Crippen LogP contribution is 2.39.